The number of alkyl halides is 2. The zero-order valence-corrected chi connectivity index (χ0v) is 16.3. The highest BCUT2D eigenvalue weighted by Crippen LogP contribution is 2.42. The summed E-state index contributed by atoms with van der Waals surface area (Å²) >= 11 is 7.44. The van der Waals surface area contributed by atoms with Gasteiger partial charge in [-0.3, -0.25) is 0 Å². The van der Waals surface area contributed by atoms with Gasteiger partial charge in [0, 0.05) is 16.9 Å². The highest BCUT2D eigenvalue weighted by Gasteiger charge is 2.25. The molecule has 3 rings (SSSR count). The van der Waals surface area contributed by atoms with Crippen LogP contribution in [0.15, 0.2) is 60.7 Å². The minimum absolute atomic E-state index is 0.118. The number of hydrogen-bond acceptors (Lipinski definition) is 1. The van der Waals surface area contributed by atoms with Gasteiger partial charge in [0.05, 0.1) is 10.8 Å². The third-order valence-electron chi connectivity index (χ3n) is 4.14. The Morgan fingerprint density at radius 2 is 1.57 bits per heavy atom. The summed E-state index contributed by atoms with van der Waals surface area (Å²) in [6, 6.07) is 21.3. The number of benzene rings is 3. The molecule has 0 fully saturated rings. The molecule has 0 N–H and O–H groups in total. The number of halogens is 2. The quantitative estimate of drug-likeness (QED) is 0.432. The fourth-order valence-electron chi connectivity index (χ4n) is 2.97. The largest absolute Gasteiger partial charge is 0.496 e. The Kier molecular flexibility index (Phi) is 5.08. The molecule has 23 heavy (non-hydrogen) atoms. The van der Waals surface area contributed by atoms with Gasteiger partial charge in [-0.2, -0.15) is 0 Å². The van der Waals surface area contributed by atoms with Gasteiger partial charge in [0.25, 0.3) is 0 Å². The molecule has 118 valence electrons. The first-order chi connectivity index (χ1) is 11.1. The molecule has 0 saturated carbocycles. The van der Waals surface area contributed by atoms with E-state index in [1.807, 2.05) is 0 Å². The Balaban J connectivity index is 2.20. The standard InChI is InChI=1S/C20H18Br2O/c1-13-7-9-15(10-8-13)18(20(21)22)17-12-11-14-5-3-4-6-16(14)19(17)23-2/h3-12,18,20H,1-2H3. The Bertz CT molecular complexity index is 809. The van der Waals surface area contributed by atoms with Gasteiger partial charge in [0.1, 0.15) is 5.75 Å². The van der Waals surface area contributed by atoms with Crippen LogP contribution in [-0.2, 0) is 0 Å². The second kappa shape index (κ2) is 7.06. The van der Waals surface area contributed by atoms with Crippen LogP contribution >= 0.6 is 31.9 Å². The summed E-state index contributed by atoms with van der Waals surface area (Å²) < 4.78 is 5.91. The van der Waals surface area contributed by atoms with E-state index >= 15 is 0 Å². The van der Waals surface area contributed by atoms with Crippen LogP contribution in [-0.4, -0.2) is 10.8 Å². The maximum Gasteiger partial charge on any atom is 0.130 e. The molecule has 1 nitrogen and oxygen atoms in total. The maximum atomic E-state index is 5.79. The van der Waals surface area contributed by atoms with Gasteiger partial charge in [-0.1, -0.05) is 98.1 Å². The normalized spacial score (nSPS) is 12.6. The number of hydrogen-bond donors (Lipinski definition) is 0. The molecular formula is C20H18Br2O. The summed E-state index contributed by atoms with van der Waals surface area (Å²) in [5.74, 6) is 1.10. The highest BCUT2D eigenvalue weighted by molar-refractivity contribution is 9.24. The topological polar surface area (TPSA) is 9.23 Å². The zero-order valence-electron chi connectivity index (χ0n) is 13.1. The van der Waals surface area contributed by atoms with Gasteiger partial charge in [-0.15, -0.1) is 0 Å². The average Bonchev–Trinajstić information content (AvgIpc) is 2.56. The van der Waals surface area contributed by atoms with E-state index in [1.54, 1.807) is 7.11 Å². The van der Waals surface area contributed by atoms with Gasteiger partial charge in [0.15, 0.2) is 0 Å². The van der Waals surface area contributed by atoms with Crippen molar-refractivity contribution in [1.29, 1.82) is 0 Å². The van der Waals surface area contributed by atoms with Crippen LogP contribution in [0.4, 0.5) is 0 Å². The molecule has 1 atom stereocenters. The smallest absolute Gasteiger partial charge is 0.130 e. The third kappa shape index (κ3) is 3.31. The van der Waals surface area contributed by atoms with E-state index in [-0.39, 0.29) is 9.65 Å². The highest BCUT2D eigenvalue weighted by atomic mass is 79.9. The van der Waals surface area contributed by atoms with Crippen LogP contribution in [0.1, 0.15) is 22.6 Å². The van der Waals surface area contributed by atoms with Crippen LogP contribution in [0.2, 0.25) is 0 Å². The Morgan fingerprint density at radius 3 is 2.22 bits per heavy atom. The van der Waals surface area contributed by atoms with Crippen molar-refractivity contribution < 1.29 is 4.74 Å². The lowest BCUT2D eigenvalue weighted by atomic mass is 9.90. The first-order valence-corrected chi connectivity index (χ1v) is 9.35. The van der Waals surface area contributed by atoms with E-state index in [9.17, 15) is 0 Å². The second-order valence-corrected chi connectivity index (χ2v) is 8.83. The second-order valence-electron chi connectivity index (χ2n) is 5.63. The summed E-state index contributed by atoms with van der Waals surface area (Å²) in [6.07, 6.45) is 0. The molecule has 1 unspecified atom stereocenters. The molecule has 0 radical (unpaired) electrons. The molecule has 0 spiro atoms. The molecule has 0 aliphatic rings. The first-order valence-electron chi connectivity index (χ1n) is 7.52. The van der Waals surface area contributed by atoms with Crippen LogP contribution in [0.5, 0.6) is 5.75 Å². The molecule has 0 aromatic heterocycles. The molecule has 3 heteroatoms. The molecule has 3 aromatic rings. The van der Waals surface area contributed by atoms with E-state index < -0.39 is 0 Å². The number of rotatable bonds is 4. The van der Waals surface area contributed by atoms with Crippen molar-refractivity contribution in [2.45, 2.75) is 16.6 Å². The fraction of sp³-hybridized carbons (Fsp3) is 0.200. The Hall–Kier alpha value is -1.32. The monoisotopic (exact) mass is 432 g/mol. The summed E-state index contributed by atoms with van der Waals surface area (Å²) in [6.45, 7) is 2.11. The minimum Gasteiger partial charge on any atom is -0.496 e. The number of fused-ring (bicyclic) bond motifs is 1. The minimum atomic E-state index is 0.118. The van der Waals surface area contributed by atoms with Crippen LogP contribution < -0.4 is 4.74 Å². The summed E-state index contributed by atoms with van der Waals surface area (Å²) in [5, 5.41) is 2.33. The molecule has 3 aromatic carbocycles. The lowest BCUT2D eigenvalue weighted by molar-refractivity contribution is 0.413. The van der Waals surface area contributed by atoms with Crippen molar-refractivity contribution in [3.63, 3.8) is 0 Å². The van der Waals surface area contributed by atoms with E-state index in [1.165, 1.54) is 22.1 Å². The molecule has 0 saturated heterocycles. The van der Waals surface area contributed by atoms with Crippen molar-refractivity contribution in [3.05, 3.63) is 77.4 Å². The SMILES string of the molecule is COc1c(C(c2ccc(C)cc2)C(Br)Br)ccc2ccccc12. The van der Waals surface area contributed by atoms with Crippen LogP contribution in [0, 0.1) is 6.92 Å². The average molecular weight is 434 g/mol. The predicted molar refractivity (Wildman–Crippen MR) is 105 cm³/mol. The molecule has 0 aliphatic heterocycles. The molecular weight excluding hydrogens is 416 g/mol. The summed E-state index contributed by atoms with van der Waals surface area (Å²) in [7, 11) is 1.74. The zero-order chi connectivity index (χ0) is 16.4. The van der Waals surface area contributed by atoms with Gasteiger partial charge in [0.2, 0.25) is 0 Å². The fourth-order valence-corrected chi connectivity index (χ4v) is 4.15. The van der Waals surface area contributed by atoms with Crippen molar-refractivity contribution in [3.8, 4) is 5.75 Å². The van der Waals surface area contributed by atoms with Gasteiger partial charge in [-0.25, -0.2) is 0 Å². The van der Waals surface area contributed by atoms with Gasteiger partial charge in [-0.05, 0) is 17.9 Å². The first kappa shape index (κ1) is 16.5. The van der Waals surface area contributed by atoms with Crippen molar-refractivity contribution in [2.75, 3.05) is 7.11 Å². The van der Waals surface area contributed by atoms with Gasteiger partial charge < -0.3 is 4.74 Å². The van der Waals surface area contributed by atoms with Gasteiger partial charge >= 0.3 is 0 Å². The molecule has 0 bridgehead atoms. The maximum absolute atomic E-state index is 5.79. The number of methoxy groups -OCH3 is 1. The number of aryl methyl sites for hydroxylation is 1. The third-order valence-corrected chi connectivity index (χ3v) is 5.20. The van der Waals surface area contributed by atoms with Crippen molar-refractivity contribution in [1.82, 2.24) is 0 Å². The molecule has 0 amide bonds. The predicted octanol–water partition coefficient (Wildman–Crippen LogP) is 6.40. The Morgan fingerprint density at radius 1 is 0.870 bits per heavy atom. The van der Waals surface area contributed by atoms with Crippen LogP contribution in [0.3, 0.4) is 0 Å². The summed E-state index contributed by atoms with van der Waals surface area (Å²) in [5.41, 5.74) is 3.69. The van der Waals surface area contributed by atoms with E-state index in [2.05, 4.69) is 99.4 Å². The lowest BCUT2D eigenvalue weighted by Gasteiger charge is -2.23. The van der Waals surface area contributed by atoms with E-state index in [0.717, 1.165) is 11.1 Å². The number of ether oxygens (including phenoxy) is 1. The Labute approximate surface area is 153 Å². The summed E-state index contributed by atoms with van der Waals surface area (Å²) in [4.78, 5) is 0. The van der Waals surface area contributed by atoms with E-state index in [4.69, 9.17) is 4.74 Å². The van der Waals surface area contributed by atoms with Crippen molar-refractivity contribution in [2.24, 2.45) is 0 Å². The van der Waals surface area contributed by atoms with Crippen LogP contribution in [0.25, 0.3) is 10.8 Å². The van der Waals surface area contributed by atoms with E-state index in [0.29, 0.717) is 0 Å². The molecule has 0 heterocycles. The molecule has 0 aliphatic carbocycles. The lowest BCUT2D eigenvalue weighted by Crippen LogP contribution is -2.10. The van der Waals surface area contributed by atoms with Crippen molar-refractivity contribution >= 4 is 42.6 Å².